The summed E-state index contributed by atoms with van der Waals surface area (Å²) in [7, 11) is 0. The largest absolute Gasteiger partial charge is 0.356 e. The Bertz CT molecular complexity index is 792. The van der Waals surface area contributed by atoms with Crippen LogP contribution in [0, 0.1) is 0 Å². The number of hydrogen-bond donors (Lipinski definition) is 1. The van der Waals surface area contributed by atoms with Gasteiger partial charge in [0, 0.05) is 16.8 Å². The smallest absolute Gasteiger partial charge is 0.0387 e. The average Bonchev–Trinajstić information content (AvgIpc) is 2.76. The van der Waals surface area contributed by atoms with E-state index in [4.69, 9.17) is 0 Å². The summed E-state index contributed by atoms with van der Waals surface area (Å²) in [6, 6.07) is 16.9. The first-order valence-electron chi connectivity index (χ1n) is 8.04. The maximum Gasteiger partial charge on any atom is 0.0387 e. The Kier molecular flexibility index (Phi) is 3.96. The first-order valence-corrected chi connectivity index (χ1v) is 8.04. The summed E-state index contributed by atoms with van der Waals surface area (Å²) < 4.78 is 0. The number of fused-ring (bicyclic) bond motifs is 1. The highest BCUT2D eigenvalue weighted by atomic mass is 14.9. The van der Waals surface area contributed by atoms with Gasteiger partial charge in [0.05, 0.1) is 0 Å². The number of benzene rings is 2. The quantitative estimate of drug-likeness (QED) is 0.705. The van der Waals surface area contributed by atoms with Gasteiger partial charge >= 0.3 is 0 Å². The van der Waals surface area contributed by atoms with E-state index in [1.807, 2.05) is 24.3 Å². The molecule has 1 aliphatic rings. The fourth-order valence-corrected chi connectivity index (χ4v) is 3.40. The maximum absolute atomic E-state index is 4.04. The van der Waals surface area contributed by atoms with Crippen molar-refractivity contribution in [3.05, 3.63) is 90.0 Å². The molecule has 0 radical (unpaired) electrons. The Morgan fingerprint density at radius 1 is 1.00 bits per heavy atom. The van der Waals surface area contributed by atoms with Gasteiger partial charge in [-0.2, -0.15) is 0 Å². The van der Waals surface area contributed by atoms with Gasteiger partial charge in [-0.05, 0) is 53.5 Å². The molecule has 116 valence electrons. The minimum Gasteiger partial charge on any atom is -0.356 e. The van der Waals surface area contributed by atoms with Crippen molar-refractivity contribution >= 4 is 16.9 Å². The maximum atomic E-state index is 4.04. The van der Waals surface area contributed by atoms with Gasteiger partial charge < -0.3 is 5.32 Å². The molecule has 2 aromatic rings. The lowest BCUT2D eigenvalue weighted by molar-refractivity contribution is 0.655. The molecule has 0 unspecified atom stereocenters. The molecule has 1 heteroatoms. The third-order valence-corrected chi connectivity index (χ3v) is 4.55. The number of hydrogen-bond acceptors (Lipinski definition) is 1. The molecule has 0 saturated carbocycles. The molecule has 0 spiro atoms. The van der Waals surface area contributed by atoms with Crippen molar-refractivity contribution in [3.63, 3.8) is 0 Å². The van der Waals surface area contributed by atoms with Crippen LogP contribution in [0.5, 0.6) is 0 Å². The Morgan fingerprint density at radius 3 is 2.39 bits per heavy atom. The molecule has 0 heterocycles. The van der Waals surface area contributed by atoms with E-state index in [1.165, 1.54) is 22.3 Å². The molecule has 0 amide bonds. The second-order valence-electron chi connectivity index (χ2n) is 6.41. The molecule has 0 atom stereocenters. The number of para-hydroxylation sites is 1. The van der Waals surface area contributed by atoms with Crippen molar-refractivity contribution in [1.29, 1.82) is 0 Å². The molecular weight excluding hydrogens is 278 g/mol. The number of nitrogens with one attached hydrogen (secondary N) is 1. The number of anilines is 2. The molecule has 3 rings (SSSR count). The van der Waals surface area contributed by atoms with E-state index in [1.54, 1.807) is 0 Å². The van der Waals surface area contributed by atoms with E-state index in [2.05, 4.69) is 75.2 Å². The Balaban J connectivity index is 2.05. The highest BCUT2D eigenvalue weighted by Gasteiger charge is 2.35. The molecule has 0 aliphatic heterocycles. The summed E-state index contributed by atoms with van der Waals surface area (Å²) in [5, 5.41) is 3.49. The van der Waals surface area contributed by atoms with Crippen molar-refractivity contribution in [1.82, 2.24) is 0 Å². The molecule has 1 aliphatic carbocycles. The zero-order valence-corrected chi connectivity index (χ0v) is 14.1. The second-order valence-corrected chi connectivity index (χ2v) is 6.41. The summed E-state index contributed by atoms with van der Waals surface area (Å²) in [4.78, 5) is 0. The van der Waals surface area contributed by atoms with Crippen LogP contribution in [-0.4, -0.2) is 0 Å². The van der Waals surface area contributed by atoms with Crippen LogP contribution < -0.4 is 5.32 Å². The molecule has 0 fully saturated rings. The van der Waals surface area contributed by atoms with Gasteiger partial charge in [-0.25, -0.2) is 0 Å². The molecule has 23 heavy (non-hydrogen) atoms. The third kappa shape index (κ3) is 2.63. The van der Waals surface area contributed by atoms with Gasteiger partial charge in [-0.3, -0.25) is 0 Å². The van der Waals surface area contributed by atoms with E-state index >= 15 is 0 Å². The normalized spacial score (nSPS) is 15.8. The number of allylic oxidation sites excluding steroid dienone is 5. The minimum atomic E-state index is -0.0275. The first kappa shape index (κ1) is 15.4. The van der Waals surface area contributed by atoms with Gasteiger partial charge in [-0.15, -0.1) is 0 Å². The fourth-order valence-electron chi connectivity index (χ4n) is 3.40. The average molecular weight is 301 g/mol. The molecule has 0 aromatic heterocycles. The lowest BCUT2D eigenvalue weighted by Gasteiger charge is -2.23. The molecule has 0 bridgehead atoms. The van der Waals surface area contributed by atoms with Crippen LogP contribution in [0.3, 0.4) is 0 Å². The topological polar surface area (TPSA) is 12.0 Å². The van der Waals surface area contributed by atoms with Crippen LogP contribution in [0.15, 0.2) is 78.9 Å². The van der Waals surface area contributed by atoms with Crippen molar-refractivity contribution in [2.75, 3.05) is 5.32 Å². The van der Waals surface area contributed by atoms with Crippen molar-refractivity contribution in [2.24, 2.45) is 0 Å². The summed E-state index contributed by atoms with van der Waals surface area (Å²) in [6.45, 7) is 10.6. The molecule has 0 saturated heterocycles. The monoisotopic (exact) mass is 301 g/mol. The summed E-state index contributed by atoms with van der Waals surface area (Å²) in [6.07, 6.45) is 6.29. The molecule has 1 nitrogen and oxygen atoms in total. The van der Waals surface area contributed by atoms with Gasteiger partial charge in [0.1, 0.15) is 0 Å². The summed E-state index contributed by atoms with van der Waals surface area (Å²) in [5.41, 5.74) is 7.43. The molecule has 1 N–H and O–H groups in total. The van der Waals surface area contributed by atoms with Crippen LogP contribution in [0.25, 0.3) is 5.57 Å². The van der Waals surface area contributed by atoms with Gasteiger partial charge in [-0.1, -0.05) is 62.9 Å². The fraction of sp³-hybridized carbons (Fsp3) is 0.182. The zero-order valence-electron chi connectivity index (χ0n) is 14.1. The van der Waals surface area contributed by atoms with Gasteiger partial charge in [0.15, 0.2) is 0 Å². The Morgan fingerprint density at radius 2 is 1.74 bits per heavy atom. The standard InChI is InChI=1S/C22H23N/c1-5-10-18-19-14-13-17(23-16-11-8-7-9-12-16)15-21(19)22(3,4)20(18)6-2/h5-15,23H,2H2,1,3-4H3/b10-5-. The zero-order chi connectivity index (χ0) is 16.4. The molecule has 2 aromatic carbocycles. The van der Waals surface area contributed by atoms with Gasteiger partial charge in [0.2, 0.25) is 0 Å². The van der Waals surface area contributed by atoms with E-state index < -0.39 is 0 Å². The summed E-state index contributed by atoms with van der Waals surface area (Å²) in [5.74, 6) is 0. The third-order valence-electron chi connectivity index (χ3n) is 4.55. The van der Waals surface area contributed by atoms with Crippen LogP contribution in [0.4, 0.5) is 11.4 Å². The van der Waals surface area contributed by atoms with Crippen molar-refractivity contribution in [3.8, 4) is 0 Å². The predicted octanol–water partition coefficient (Wildman–Crippen LogP) is 6.24. The van der Waals surface area contributed by atoms with Crippen LogP contribution in [0.2, 0.25) is 0 Å². The van der Waals surface area contributed by atoms with Gasteiger partial charge in [0.25, 0.3) is 0 Å². The Hall–Kier alpha value is -2.54. The highest BCUT2D eigenvalue weighted by molar-refractivity contribution is 5.88. The van der Waals surface area contributed by atoms with E-state index in [9.17, 15) is 0 Å². The molecular formula is C22H23N. The number of rotatable bonds is 4. The lowest BCUT2D eigenvalue weighted by atomic mass is 9.81. The van der Waals surface area contributed by atoms with Crippen LogP contribution in [-0.2, 0) is 5.41 Å². The SMILES string of the molecule is C=CC1=C(/C=C\C)c2ccc(Nc3ccccc3)cc2C1(C)C. The Labute approximate surface area is 139 Å². The predicted molar refractivity (Wildman–Crippen MR) is 101 cm³/mol. The van der Waals surface area contributed by atoms with Crippen LogP contribution >= 0.6 is 0 Å². The van der Waals surface area contributed by atoms with E-state index in [0.717, 1.165) is 11.4 Å². The second kappa shape index (κ2) is 5.92. The highest BCUT2D eigenvalue weighted by Crippen LogP contribution is 2.48. The van der Waals surface area contributed by atoms with E-state index in [0.29, 0.717) is 0 Å². The van der Waals surface area contributed by atoms with Crippen LogP contribution in [0.1, 0.15) is 31.9 Å². The van der Waals surface area contributed by atoms with Crippen molar-refractivity contribution < 1.29 is 0 Å². The minimum absolute atomic E-state index is 0.0275. The summed E-state index contributed by atoms with van der Waals surface area (Å²) >= 11 is 0. The van der Waals surface area contributed by atoms with E-state index in [-0.39, 0.29) is 5.41 Å². The van der Waals surface area contributed by atoms with Crippen molar-refractivity contribution in [2.45, 2.75) is 26.2 Å². The first-order chi connectivity index (χ1) is 11.1. The lowest BCUT2D eigenvalue weighted by Crippen LogP contribution is -2.16.